The fraction of sp³-hybridized carbons (Fsp3) is 0.182. The van der Waals surface area contributed by atoms with Crippen LogP contribution in [0.15, 0.2) is 60.8 Å². The van der Waals surface area contributed by atoms with Gasteiger partial charge in [-0.3, -0.25) is 4.79 Å². The normalized spacial score (nSPS) is 17.1. The molecule has 2 aliphatic rings. The maximum Gasteiger partial charge on any atom is 0.416 e. The lowest BCUT2D eigenvalue weighted by molar-refractivity contribution is -0.137. The average Bonchev–Trinajstić information content (AvgIpc) is 2.94. The van der Waals surface area contributed by atoms with Gasteiger partial charge in [-0.15, -0.1) is 0 Å². The van der Waals surface area contributed by atoms with Crippen LogP contribution in [0.2, 0.25) is 0 Å². The van der Waals surface area contributed by atoms with E-state index in [0.29, 0.717) is 28.6 Å². The number of halogens is 3. The Hall–Kier alpha value is -3.75. The molecule has 9 heteroatoms. The second-order valence-electron chi connectivity index (χ2n) is 7.15. The minimum absolute atomic E-state index is 0.0326. The molecule has 2 aliphatic heterocycles. The van der Waals surface area contributed by atoms with Crippen LogP contribution in [0.4, 0.5) is 30.4 Å². The Labute approximate surface area is 175 Å². The largest absolute Gasteiger partial charge is 0.485 e. The van der Waals surface area contributed by atoms with Gasteiger partial charge in [-0.2, -0.15) is 13.2 Å². The van der Waals surface area contributed by atoms with Gasteiger partial charge in [-0.05, 0) is 36.4 Å². The number of para-hydroxylation sites is 2. The second-order valence-corrected chi connectivity index (χ2v) is 7.15. The highest BCUT2D eigenvalue weighted by Gasteiger charge is 2.37. The standard InChI is InChI=1S/C22H16F3N3O3/c23-22(24,25)14-7-8-15-16(10-14)28(11-13-4-3-9-26-20(13)27-15)21(29)19-12-30-17-5-1-2-6-18(17)31-19/h1-10,19H,11-12H2,(H,26,27)/t19-/m1/s1. The van der Waals surface area contributed by atoms with Crippen LogP contribution < -0.4 is 19.7 Å². The van der Waals surface area contributed by atoms with Crippen molar-refractivity contribution in [2.24, 2.45) is 0 Å². The number of ether oxygens (including phenoxy) is 2. The van der Waals surface area contributed by atoms with Gasteiger partial charge in [0.15, 0.2) is 11.5 Å². The quantitative estimate of drug-likeness (QED) is 0.618. The number of alkyl halides is 3. The second kappa shape index (κ2) is 7.19. The lowest BCUT2D eigenvalue weighted by Crippen LogP contribution is -2.46. The molecule has 158 valence electrons. The summed E-state index contributed by atoms with van der Waals surface area (Å²) >= 11 is 0. The average molecular weight is 427 g/mol. The number of nitrogens with one attached hydrogen (secondary N) is 1. The highest BCUT2D eigenvalue weighted by atomic mass is 19.4. The summed E-state index contributed by atoms with van der Waals surface area (Å²) in [5, 5.41) is 3.04. The molecule has 0 radical (unpaired) electrons. The van der Waals surface area contributed by atoms with Gasteiger partial charge < -0.3 is 19.7 Å². The van der Waals surface area contributed by atoms with Gasteiger partial charge in [0, 0.05) is 11.8 Å². The van der Waals surface area contributed by atoms with Crippen LogP contribution >= 0.6 is 0 Å². The van der Waals surface area contributed by atoms with E-state index in [1.165, 1.54) is 11.0 Å². The predicted molar refractivity (Wildman–Crippen MR) is 107 cm³/mol. The number of rotatable bonds is 1. The molecule has 3 heterocycles. The van der Waals surface area contributed by atoms with E-state index in [4.69, 9.17) is 9.47 Å². The number of carbonyl (C=O) groups is 1. The van der Waals surface area contributed by atoms with Crippen molar-refractivity contribution < 1.29 is 27.4 Å². The van der Waals surface area contributed by atoms with Crippen LogP contribution in [0, 0.1) is 0 Å². The monoisotopic (exact) mass is 427 g/mol. The Morgan fingerprint density at radius 1 is 1.10 bits per heavy atom. The molecule has 1 aromatic heterocycles. The summed E-state index contributed by atoms with van der Waals surface area (Å²) in [4.78, 5) is 19.0. The predicted octanol–water partition coefficient (Wildman–Crippen LogP) is 4.53. The number of anilines is 3. The van der Waals surface area contributed by atoms with Crippen LogP contribution in [-0.2, 0) is 17.5 Å². The summed E-state index contributed by atoms with van der Waals surface area (Å²) in [5.74, 6) is 0.892. The van der Waals surface area contributed by atoms with Crippen molar-refractivity contribution in [3.8, 4) is 11.5 Å². The van der Waals surface area contributed by atoms with E-state index in [1.54, 1.807) is 42.6 Å². The third-order valence-corrected chi connectivity index (χ3v) is 5.14. The van der Waals surface area contributed by atoms with E-state index in [1.807, 2.05) is 0 Å². The van der Waals surface area contributed by atoms with Crippen molar-refractivity contribution >= 4 is 23.1 Å². The molecule has 1 N–H and O–H groups in total. The number of pyridine rings is 1. The van der Waals surface area contributed by atoms with Crippen molar-refractivity contribution in [3.05, 3.63) is 71.9 Å². The molecule has 0 unspecified atom stereocenters. The first kappa shape index (κ1) is 19.2. The Morgan fingerprint density at radius 2 is 1.90 bits per heavy atom. The molecule has 3 aromatic rings. The Morgan fingerprint density at radius 3 is 2.71 bits per heavy atom. The zero-order valence-electron chi connectivity index (χ0n) is 16.0. The minimum atomic E-state index is -4.55. The molecule has 2 aromatic carbocycles. The van der Waals surface area contributed by atoms with Crippen molar-refractivity contribution in [2.45, 2.75) is 18.8 Å². The van der Waals surface area contributed by atoms with E-state index < -0.39 is 23.8 Å². The Kier molecular flexibility index (Phi) is 4.46. The number of hydrogen-bond donors (Lipinski definition) is 1. The molecule has 5 rings (SSSR count). The maximum absolute atomic E-state index is 13.4. The summed E-state index contributed by atoms with van der Waals surface area (Å²) < 4.78 is 51.6. The number of hydrogen-bond acceptors (Lipinski definition) is 5. The molecule has 0 spiro atoms. The Bertz CT molecular complexity index is 1170. The summed E-state index contributed by atoms with van der Waals surface area (Å²) in [6.45, 7) is -0.0151. The van der Waals surface area contributed by atoms with Crippen molar-refractivity contribution in [2.75, 3.05) is 16.8 Å². The van der Waals surface area contributed by atoms with E-state index in [0.717, 1.165) is 12.1 Å². The topological polar surface area (TPSA) is 63.7 Å². The van der Waals surface area contributed by atoms with E-state index in [2.05, 4.69) is 10.3 Å². The number of benzene rings is 2. The molecular weight excluding hydrogens is 411 g/mol. The number of amides is 1. The molecule has 1 atom stereocenters. The lowest BCUT2D eigenvalue weighted by Gasteiger charge is -2.31. The van der Waals surface area contributed by atoms with Gasteiger partial charge >= 0.3 is 6.18 Å². The Balaban J connectivity index is 1.56. The molecule has 0 saturated carbocycles. The van der Waals surface area contributed by atoms with Crippen LogP contribution in [-0.4, -0.2) is 23.6 Å². The van der Waals surface area contributed by atoms with Gasteiger partial charge in [0.1, 0.15) is 12.4 Å². The molecule has 6 nitrogen and oxygen atoms in total. The first-order valence-electron chi connectivity index (χ1n) is 9.52. The molecule has 31 heavy (non-hydrogen) atoms. The van der Waals surface area contributed by atoms with Crippen LogP contribution in [0.5, 0.6) is 11.5 Å². The van der Waals surface area contributed by atoms with Gasteiger partial charge in [0.2, 0.25) is 6.10 Å². The highest BCUT2D eigenvalue weighted by molar-refractivity contribution is 6.01. The zero-order chi connectivity index (χ0) is 21.6. The fourth-order valence-electron chi connectivity index (χ4n) is 3.61. The third-order valence-electron chi connectivity index (χ3n) is 5.14. The first-order valence-corrected chi connectivity index (χ1v) is 9.52. The highest BCUT2D eigenvalue weighted by Crippen LogP contribution is 2.40. The van der Waals surface area contributed by atoms with Gasteiger partial charge in [-0.25, -0.2) is 4.98 Å². The van der Waals surface area contributed by atoms with Crippen LogP contribution in [0.1, 0.15) is 11.1 Å². The lowest BCUT2D eigenvalue weighted by atomic mass is 10.1. The number of aromatic nitrogens is 1. The van der Waals surface area contributed by atoms with Crippen molar-refractivity contribution in [1.82, 2.24) is 4.98 Å². The summed E-state index contributed by atoms with van der Waals surface area (Å²) in [5.41, 5.74) is 0.255. The van der Waals surface area contributed by atoms with E-state index in [9.17, 15) is 18.0 Å². The SMILES string of the molecule is O=C([C@H]1COc2ccccc2O1)N1Cc2cccnc2Nc2ccc(C(F)(F)F)cc21. The summed E-state index contributed by atoms with van der Waals surface area (Å²) in [7, 11) is 0. The molecule has 0 saturated heterocycles. The summed E-state index contributed by atoms with van der Waals surface area (Å²) in [6, 6.07) is 13.6. The zero-order valence-corrected chi connectivity index (χ0v) is 16.0. The van der Waals surface area contributed by atoms with Crippen molar-refractivity contribution in [3.63, 3.8) is 0 Å². The van der Waals surface area contributed by atoms with E-state index in [-0.39, 0.29) is 18.8 Å². The molecule has 0 fully saturated rings. The van der Waals surface area contributed by atoms with Gasteiger partial charge in [0.05, 0.1) is 23.5 Å². The number of nitrogens with zero attached hydrogens (tertiary/aromatic N) is 2. The smallest absolute Gasteiger partial charge is 0.416 e. The summed E-state index contributed by atoms with van der Waals surface area (Å²) in [6.07, 6.45) is -3.98. The minimum Gasteiger partial charge on any atom is -0.485 e. The van der Waals surface area contributed by atoms with Gasteiger partial charge in [-0.1, -0.05) is 18.2 Å². The van der Waals surface area contributed by atoms with Crippen LogP contribution in [0.3, 0.4) is 0 Å². The maximum atomic E-state index is 13.4. The van der Waals surface area contributed by atoms with Gasteiger partial charge in [0.25, 0.3) is 5.91 Å². The third kappa shape index (κ3) is 3.52. The molecule has 1 amide bonds. The fourth-order valence-corrected chi connectivity index (χ4v) is 3.61. The van der Waals surface area contributed by atoms with E-state index >= 15 is 0 Å². The number of fused-ring (bicyclic) bond motifs is 3. The van der Waals surface area contributed by atoms with Crippen molar-refractivity contribution in [1.29, 1.82) is 0 Å². The molecule has 0 bridgehead atoms. The number of carbonyl (C=O) groups excluding carboxylic acids is 1. The molecular formula is C22H16F3N3O3. The first-order chi connectivity index (χ1) is 14.9. The van der Waals surface area contributed by atoms with Crippen LogP contribution in [0.25, 0.3) is 0 Å². The molecule has 0 aliphatic carbocycles.